The van der Waals surface area contributed by atoms with Crippen LogP contribution in [0.1, 0.15) is 63.5 Å². The van der Waals surface area contributed by atoms with Gasteiger partial charge >= 0.3 is 0 Å². The Labute approximate surface area is 175 Å². The maximum absolute atomic E-state index is 12.2. The lowest BCUT2D eigenvalue weighted by Crippen LogP contribution is -2.31. The lowest BCUT2D eigenvalue weighted by Gasteiger charge is -2.12. The first kappa shape index (κ1) is 22.5. The molecule has 1 N–H and O–H groups in total. The largest absolute Gasteiger partial charge is 0.350 e. The van der Waals surface area contributed by atoms with Crippen molar-refractivity contribution in [3.63, 3.8) is 0 Å². The van der Waals surface area contributed by atoms with Gasteiger partial charge in [-0.05, 0) is 67.9 Å². The molecule has 1 atom stereocenters. The van der Waals surface area contributed by atoms with Crippen molar-refractivity contribution in [2.75, 3.05) is 0 Å². The van der Waals surface area contributed by atoms with Crippen LogP contribution in [0.5, 0.6) is 0 Å². The zero-order valence-electron chi connectivity index (χ0n) is 17.7. The van der Waals surface area contributed by atoms with Crippen molar-refractivity contribution in [3.8, 4) is 0 Å². The molecule has 2 rings (SSSR count). The molecule has 0 unspecified atom stereocenters. The highest BCUT2D eigenvalue weighted by atomic mass is 16.1. The Bertz CT molecular complexity index is 769. The zero-order valence-corrected chi connectivity index (χ0v) is 17.7. The lowest BCUT2D eigenvalue weighted by molar-refractivity contribution is -0.117. The van der Waals surface area contributed by atoms with Crippen molar-refractivity contribution in [1.29, 1.82) is 0 Å². The number of unbranched alkanes of at least 4 members (excludes halogenated alkanes) is 2. The summed E-state index contributed by atoms with van der Waals surface area (Å²) < 4.78 is 0. The van der Waals surface area contributed by atoms with Gasteiger partial charge < -0.3 is 5.32 Å². The van der Waals surface area contributed by atoms with Gasteiger partial charge in [-0.1, -0.05) is 44.1 Å². The molecule has 1 amide bonds. The molecule has 2 heterocycles. The summed E-state index contributed by atoms with van der Waals surface area (Å²) >= 11 is 0. The molecule has 0 spiro atoms. The second-order valence-corrected chi connectivity index (χ2v) is 7.41. The summed E-state index contributed by atoms with van der Waals surface area (Å²) in [6.45, 7) is 4.26. The van der Waals surface area contributed by atoms with E-state index >= 15 is 0 Å². The Kier molecular flexibility index (Phi) is 10.4. The predicted octanol–water partition coefficient (Wildman–Crippen LogP) is 5.52. The third-order valence-corrected chi connectivity index (χ3v) is 4.84. The minimum absolute atomic E-state index is 0.0470. The fourth-order valence-corrected chi connectivity index (χ4v) is 3.22. The second kappa shape index (κ2) is 13.4. The number of nitrogens with one attached hydrogen (secondary N) is 1. The molecule has 2 aromatic rings. The Morgan fingerprint density at radius 2 is 1.90 bits per heavy atom. The van der Waals surface area contributed by atoms with Crippen molar-refractivity contribution in [1.82, 2.24) is 15.3 Å². The van der Waals surface area contributed by atoms with Crippen molar-refractivity contribution in [2.24, 2.45) is 0 Å². The van der Waals surface area contributed by atoms with Crippen LogP contribution in [0.3, 0.4) is 0 Å². The molecule has 154 valence electrons. The molecule has 0 bridgehead atoms. The first-order valence-electron chi connectivity index (χ1n) is 10.7. The molecule has 2 aromatic heterocycles. The molecule has 0 saturated heterocycles. The molecule has 0 aliphatic heterocycles. The normalized spacial score (nSPS) is 12.8. The molecule has 0 radical (unpaired) electrons. The molecule has 0 aliphatic carbocycles. The summed E-state index contributed by atoms with van der Waals surface area (Å²) in [5.74, 6) is -0.0470. The van der Waals surface area contributed by atoms with E-state index in [-0.39, 0.29) is 11.9 Å². The van der Waals surface area contributed by atoms with Crippen molar-refractivity contribution >= 4 is 11.5 Å². The van der Waals surface area contributed by atoms with Crippen LogP contribution in [0, 0.1) is 0 Å². The van der Waals surface area contributed by atoms with E-state index in [1.54, 1.807) is 18.5 Å². The van der Waals surface area contributed by atoms with E-state index in [0.29, 0.717) is 0 Å². The SMILES string of the molecule is CCCCCC(=CC=CC(=O)N[C@H](C)CCCc1cccnc1)c1cccnc1. The number of aryl methyl sites for hydroxylation is 1. The van der Waals surface area contributed by atoms with Gasteiger partial charge in [0.05, 0.1) is 0 Å². The van der Waals surface area contributed by atoms with Crippen molar-refractivity contribution in [3.05, 3.63) is 78.4 Å². The van der Waals surface area contributed by atoms with Crippen LogP contribution < -0.4 is 5.32 Å². The Balaban J connectivity index is 1.81. The maximum atomic E-state index is 12.2. The third kappa shape index (κ3) is 9.33. The number of aromatic nitrogens is 2. The quantitative estimate of drug-likeness (QED) is 0.294. The molecule has 4 heteroatoms. The summed E-state index contributed by atoms with van der Waals surface area (Å²) in [5, 5.41) is 3.05. The average molecular weight is 392 g/mol. The Morgan fingerprint density at radius 1 is 1.10 bits per heavy atom. The topological polar surface area (TPSA) is 54.9 Å². The Hall–Kier alpha value is -2.75. The molecular weight excluding hydrogens is 358 g/mol. The highest BCUT2D eigenvalue weighted by Gasteiger charge is 2.05. The number of hydrogen-bond donors (Lipinski definition) is 1. The van der Waals surface area contributed by atoms with E-state index in [0.717, 1.165) is 37.7 Å². The number of nitrogens with zero attached hydrogens (tertiary/aromatic N) is 2. The van der Waals surface area contributed by atoms with Gasteiger partial charge in [-0.2, -0.15) is 0 Å². The fourth-order valence-electron chi connectivity index (χ4n) is 3.22. The third-order valence-electron chi connectivity index (χ3n) is 4.84. The van der Waals surface area contributed by atoms with Gasteiger partial charge in [0.2, 0.25) is 5.91 Å². The maximum Gasteiger partial charge on any atom is 0.244 e. The zero-order chi connectivity index (χ0) is 20.7. The minimum atomic E-state index is -0.0470. The highest BCUT2D eigenvalue weighted by Crippen LogP contribution is 2.20. The van der Waals surface area contributed by atoms with Crippen LogP contribution in [0.4, 0.5) is 0 Å². The number of carbonyl (C=O) groups excluding carboxylic acids is 1. The van der Waals surface area contributed by atoms with Crippen LogP contribution in [-0.2, 0) is 11.2 Å². The van der Waals surface area contributed by atoms with Crippen LogP contribution in [0.2, 0.25) is 0 Å². The van der Waals surface area contributed by atoms with Gasteiger partial charge in [0.25, 0.3) is 0 Å². The van der Waals surface area contributed by atoms with E-state index in [1.165, 1.54) is 24.0 Å². The smallest absolute Gasteiger partial charge is 0.244 e. The van der Waals surface area contributed by atoms with Crippen LogP contribution in [0.25, 0.3) is 5.57 Å². The standard InChI is InChI=1S/C25H33N3O/c1-3-4-5-13-23(24-15-9-18-27-20-24)14-7-16-25(29)28-21(2)10-6-11-22-12-8-17-26-19-22/h7-9,12,14-21H,3-6,10-11,13H2,1-2H3,(H,28,29)/t21-/m1/s1. The first-order chi connectivity index (χ1) is 14.2. The van der Waals surface area contributed by atoms with E-state index in [4.69, 9.17) is 0 Å². The Morgan fingerprint density at radius 3 is 2.59 bits per heavy atom. The van der Waals surface area contributed by atoms with Crippen LogP contribution in [0.15, 0.2) is 67.3 Å². The first-order valence-corrected chi connectivity index (χ1v) is 10.7. The summed E-state index contributed by atoms with van der Waals surface area (Å²) in [7, 11) is 0. The number of pyridine rings is 2. The molecule has 29 heavy (non-hydrogen) atoms. The number of amides is 1. The van der Waals surface area contributed by atoms with Crippen LogP contribution in [-0.4, -0.2) is 21.9 Å². The van der Waals surface area contributed by atoms with E-state index in [2.05, 4.69) is 41.3 Å². The van der Waals surface area contributed by atoms with Gasteiger partial charge in [-0.15, -0.1) is 0 Å². The molecular formula is C25H33N3O. The molecule has 0 saturated carbocycles. The predicted molar refractivity (Wildman–Crippen MR) is 120 cm³/mol. The average Bonchev–Trinajstić information content (AvgIpc) is 2.74. The number of rotatable bonds is 12. The van der Waals surface area contributed by atoms with Crippen molar-refractivity contribution < 1.29 is 4.79 Å². The molecule has 4 nitrogen and oxygen atoms in total. The van der Waals surface area contributed by atoms with Crippen molar-refractivity contribution in [2.45, 2.75) is 64.8 Å². The summed E-state index contributed by atoms with van der Waals surface area (Å²) in [6.07, 6.45) is 20.4. The van der Waals surface area contributed by atoms with Gasteiger partial charge in [-0.25, -0.2) is 0 Å². The van der Waals surface area contributed by atoms with Gasteiger partial charge in [0.1, 0.15) is 0 Å². The van der Waals surface area contributed by atoms with Gasteiger partial charge in [0, 0.05) is 36.9 Å². The monoisotopic (exact) mass is 391 g/mol. The molecule has 0 aromatic carbocycles. The van der Waals surface area contributed by atoms with Gasteiger partial charge in [0.15, 0.2) is 0 Å². The highest BCUT2D eigenvalue weighted by molar-refractivity contribution is 5.88. The van der Waals surface area contributed by atoms with E-state index in [9.17, 15) is 4.79 Å². The molecule has 0 aliphatic rings. The number of allylic oxidation sites excluding steroid dienone is 3. The van der Waals surface area contributed by atoms with E-state index < -0.39 is 0 Å². The second-order valence-electron chi connectivity index (χ2n) is 7.41. The van der Waals surface area contributed by atoms with Crippen LogP contribution >= 0.6 is 0 Å². The van der Waals surface area contributed by atoms with Gasteiger partial charge in [-0.3, -0.25) is 14.8 Å². The number of hydrogen-bond acceptors (Lipinski definition) is 3. The fraction of sp³-hybridized carbons (Fsp3) is 0.400. The lowest BCUT2D eigenvalue weighted by atomic mass is 10.0. The number of carbonyl (C=O) groups is 1. The summed E-state index contributed by atoms with van der Waals surface area (Å²) in [6, 6.07) is 8.22. The minimum Gasteiger partial charge on any atom is -0.350 e. The van der Waals surface area contributed by atoms with E-state index in [1.807, 2.05) is 36.7 Å². The molecule has 0 fully saturated rings. The summed E-state index contributed by atoms with van der Waals surface area (Å²) in [5.41, 5.74) is 3.58. The summed E-state index contributed by atoms with van der Waals surface area (Å²) in [4.78, 5) is 20.6.